The van der Waals surface area contributed by atoms with E-state index >= 15 is 0 Å². The predicted octanol–water partition coefficient (Wildman–Crippen LogP) is 3.68. The van der Waals surface area contributed by atoms with Gasteiger partial charge in [-0.25, -0.2) is 4.68 Å². The molecule has 0 saturated carbocycles. The van der Waals surface area contributed by atoms with Crippen molar-refractivity contribution in [2.45, 2.75) is 19.9 Å². The van der Waals surface area contributed by atoms with Crippen LogP contribution in [0.5, 0.6) is 0 Å². The van der Waals surface area contributed by atoms with Crippen molar-refractivity contribution < 1.29 is 4.79 Å². The first-order valence-corrected chi connectivity index (χ1v) is 7.67. The summed E-state index contributed by atoms with van der Waals surface area (Å²) in [5.41, 5.74) is 3.16. The highest BCUT2D eigenvalue weighted by Gasteiger charge is 2.17. The summed E-state index contributed by atoms with van der Waals surface area (Å²) >= 11 is 0. The molecule has 1 aromatic heterocycles. The van der Waals surface area contributed by atoms with Crippen LogP contribution >= 0.6 is 0 Å². The summed E-state index contributed by atoms with van der Waals surface area (Å²) in [4.78, 5) is 12.5. The lowest BCUT2D eigenvalue weighted by Gasteiger charge is -2.10. The van der Waals surface area contributed by atoms with E-state index in [0.29, 0.717) is 5.69 Å². The topological polar surface area (TPSA) is 46.9 Å². The largest absolute Gasteiger partial charge is 0.349 e. The molecule has 0 atom stereocenters. The number of benzene rings is 2. The van der Waals surface area contributed by atoms with Gasteiger partial charge in [-0.2, -0.15) is 5.10 Å². The Morgan fingerprint density at radius 2 is 1.61 bits per heavy atom. The Hall–Kier alpha value is -2.88. The van der Waals surface area contributed by atoms with Gasteiger partial charge in [0.05, 0.1) is 11.4 Å². The van der Waals surface area contributed by atoms with Crippen molar-refractivity contribution in [3.05, 3.63) is 72.4 Å². The molecular weight excluding hydrogens is 286 g/mol. The zero-order chi connectivity index (χ0) is 16.2. The van der Waals surface area contributed by atoms with Crippen molar-refractivity contribution in [1.29, 1.82) is 0 Å². The van der Waals surface area contributed by atoms with Crippen LogP contribution < -0.4 is 5.32 Å². The Morgan fingerprint density at radius 3 is 2.22 bits per heavy atom. The molecule has 0 bridgehead atoms. The molecule has 0 aliphatic heterocycles. The smallest absolute Gasteiger partial charge is 0.270 e. The number of aromatic nitrogens is 2. The number of carbonyl (C=O) groups is 1. The first kappa shape index (κ1) is 15.0. The molecule has 4 heteroatoms. The molecule has 0 aliphatic carbocycles. The Balaban J connectivity index is 2.09. The Morgan fingerprint density at radius 1 is 1.00 bits per heavy atom. The molecule has 1 N–H and O–H groups in total. The van der Waals surface area contributed by atoms with E-state index in [1.807, 2.05) is 80.6 Å². The van der Waals surface area contributed by atoms with Crippen LogP contribution in [-0.4, -0.2) is 21.7 Å². The van der Waals surface area contributed by atoms with Crippen LogP contribution in [-0.2, 0) is 0 Å². The second kappa shape index (κ2) is 6.48. The summed E-state index contributed by atoms with van der Waals surface area (Å²) in [6, 6.07) is 21.5. The van der Waals surface area contributed by atoms with Crippen LogP contribution in [0.15, 0.2) is 66.7 Å². The third-order valence-corrected chi connectivity index (χ3v) is 3.43. The zero-order valence-corrected chi connectivity index (χ0v) is 13.2. The minimum atomic E-state index is -0.126. The van der Waals surface area contributed by atoms with E-state index in [9.17, 15) is 4.79 Å². The summed E-state index contributed by atoms with van der Waals surface area (Å²) in [6.07, 6.45) is 0. The third kappa shape index (κ3) is 3.31. The molecule has 0 saturated heterocycles. The quantitative estimate of drug-likeness (QED) is 0.799. The van der Waals surface area contributed by atoms with Crippen molar-refractivity contribution >= 4 is 5.91 Å². The van der Waals surface area contributed by atoms with Gasteiger partial charge in [0.2, 0.25) is 0 Å². The lowest BCUT2D eigenvalue weighted by Crippen LogP contribution is -2.31. The summed E-state index contributed by atoms with van der Waals surface area (Å²) in [6.45, 7) is 3.89. The van der Waals surface area contributed by atoms with Gasteiger partial charge >= 0.3 is 0 Å². The Labute approximate surface area is 135 Å². The van der Waals surface area contributed by atoms with Gasteiger partial charge in [-0.05, 0) is 32.0 Å². The molecule has 116 valence electrons. The van der Waals surface area contributed by atoms with Gasteiger partial charge in [0, 0.05) is 11.6 Å². The van der Waals surface area contributed by atoms with E-state index in [1.54, 1.807) is 4.68 Å². The zero-order valence-electron chi connectivity index (χ0n) is 13.2. The fourth-order valence-corrected chi connectivity index (χ4v) is 2.39. The van der Waals surface area contributed by atoms with Gasteiger partial charge in [-0.3, -0.25) is 4.79 Å². The standard InChI is InChI=1S/C19H19N3O/c1-14(2)20-19(23)18-13-17(15-9-5-3-6-10-15)21-22(18)16-11-7-4-8-12-16/h3-14H,1-2H3,(H,20,23). The molecule has 0 spiro atoms. The number of amides is 1. The van der Waals surface area contributed by atoms with Crippen LogP contribution in [0.3, 0.4) is 0 Å². The molecule has 0 unspecified atom stereocenters. The SMILES string of the molecule is CC(C)NC(=O)c1cc(-c2ccccc2)nn1-c1ccccc1. The van der Waals surface area contributed by atoms with Crippen molar-refractivity contribution in [2.75, 3.05) is 0 Å². The highest BCUT2D eigenvalue weighted by molar-refractivity contribution is 5.94. The molecule has 1 heterocycles. The molecule has 3 rings (SSSR count). The monoisotopic (exact) mass is 305 g/mol. The van der Waals surface area contributed by atoms with Gasteiger partial charge in [-0.1, -0.05) is 48.5 Å². The van der Waals surface area contributed by atoms with Crippen molar-refractivity contribution in [2.24, 2.45) is 0 Å². The minimum absolute atomic E-state index is 0.0711. The van der Waals surface area contributed by atoms with Crippen LogP contribution in [0.25, 0.3) is 16.9 Å². The van der Waals surface area contributed by atoms with Gasteiger partial charge in [0.1, 0.15) is 5.69 Å². The maximum Gasteiger partial charge on any atom is 0.270 e. The van der Waals surface area contributed by atoms with Gasteiger partial charge in [0.25, 0.3) is 5.91 Å². The Bertz CT molecular complexity index is 792. The lowest BCUT2D eigenvalue weighted by atomic mass is 10.1. The summed E-state index contributed by atoms with van der Waals surface area (Å²) in [5.74, 6) is -0.126. The molecule has 2 aromatic carbocycles. The maximum atomic E-state index is 12.5. The average molecular weight is 305 g/mol. The van der Waals surface area contributed by atoms with Gasteiger partial charge in [0.15, 0.2) is 0 Å². The molecule has 0 radical (unpaired) electrons. The number of nitrogens with zero attached hydrogens (tertiary/aromatic N) is 2. The second-order valence-corrected chi connectivity index (χ2v) is 5.66. The first-order chi connectivity index (χ1) is 11.1. The molecule has 1 amide bonds. The minimum Gasteiger partial charge on any atom is -0.349 e. The van der Waals surface area contributed by atoms with E-state index in [4.69, 9.17) is 0 Å². The van der Waals surface area contributed by atoms with Crippen LogP contribution in [0.4, 0.5) is 0 Å². The molecule has 0 aliphatic rings. The second-order valence-electron chi connectivity index (χ2n) is 5.66. The number of hydrogen-bond acceptors (Lipinski definition) is 2. The molecule has 4 nitrogen and oxygen atoms in total. The summed E-state index contributed by atoms with van der Waals surface area (Å²) in [5, 5.41) is 7.57. The highest BCUT2D eigenvalue weighted by Crippen LogP contribution is 2.21. The van der Waals surface area contributed by atoms with Gasteiger partial charge < -0.3 is 5.32 Å². The molecule has 0 fully saturated rings. The highest BCUT2D eigenvalue weighted by atomic mass is 16.2. The van der Waals surface area contributed by atoms with E-state index in [1.165, 1.54) is 0 Å². The Kier molecular flexibility index (Phi) is 4.24. The summed E-state index contributed by atoms with van der Waals surface area (Å²) < 4.78 is 1.69. The summed E-state index contributed by atoms with van der Waals surface area (Å²) in [7, 11) is 0. The molecular formula is C19H19N3O. The van der Waals surface area contributed by atoms with Crippen molar-refractivity contribution in [3.8, 4) is 16.9 Å². The molecule has 23 heavy (non-hydrogen) atoms. The van der Waals surface area contributed by atoms with Crippen LogP contribution in [0, 0.1) is 0 Å². The van der Waals surface area contributed by atoms with Gasteiger partial charge in [-0.15, -0.1) is 0 Å². The number of rotatable bonds is 4. The van der Waals surface area contributed by atoms with Crippen molar-refractivity contribution in [1.82, 2.24) is 15.1 Å². The van der Waals surface area contributed by atoms with Crippen molar-refractivity contribution in [3.63, 3.8) is 0 Å². The van der Waals surface area contributed by atoms with E-state index < -0.39 is 0 Å². The number of carbonyl (C=O) groups excluding carboxylic acids is 1. The molecule has 3 aromatic rings. The van der Waals surface area contributed by atoms with Crippen LogP contribution in [0.2, 0.25) is 0 Å². The van der Waals surface area contributed by atoms with E-state index in [-0.39, 0.29) is 11.9 Å². The predicted molar refractivity (Wildman–Crippen MR) is 91.6 cm³/mol. The third-order valence-electron chi connectivity index (χ3n) is 3.43. The lowest BCUT2D eigenvalue weighted by molar-refractivity contribution is 0.0935. The number of para-hydroxylation sites is 1. The normalized spacial score (nSPS) is 10.7. The maximum absolute atomic E-state index is 12.5. The average Bonchev–Trinajstić information content (AvgIpc) is 3.01. The van der Waals surface area contributed by atoms with E-state index in [0.717, 1.165) is 16.9 Å². The fraction of sp³-hybridized carbons (Fsp3) is 0.158. The number of nitrogens with one attached hydrogen (secondary N) is 1. The first-order valence-electron chi connectivity index (χ1n) is 7.67. The fourth-order valence-electron chi connectivity index (χ4n) is 2.39. The van der Waals surface area contributed by atoms with Crippen LogP contribution in [0.1, 0.15) is 24.3 Å². The number of hydrogen-bond donors (Lipinski definition) is 1. The van der Waals surface area contributed by atoms with E-state index in [2.05, 4.69) is 10.4 Å².